The maximum atomic E-state index is 8.66. The molecule has 0 aromatic carbocycles. The van der Waals surface area contributed by atoms with Gasteiger partial charge in [0.15, 0.2) is 6.29 Å². The summed E-state index contributed by atoms with van der Waals surface area (Å²) in [6, 6.07) is 0. The van der Waals surface area contributed by atoms with Gasteiger partial charge in [0.05, 0.1) is 0 Å². The summed E-state index contributed by atoms with van der Waals surface area (Å²) < 4.78 is 17.0. The predicted octanol–water partition coefficient (Wildman–Crippen LogP) is 3.52. The maximum Gasteiger partial charge on any atom is 0.157 e. The highest BCUT2D eigenvalue weighted by Gasteiger charge is 2.08. The number of aliphatic hydroxyl groups is 1. The van der Waals surface area contributed by atoms with E-state index in [2.05, 4.69) is 13.8 Å². The van der Waals surface area contributed by atoms with Crippen LogP contribution in [0.3, 0.4) is 0 Å². The third-order valence-corrected chi connectivity index (χ3v) is 3.03. The summed E-state index contributed by atoms with van der Waals surface area (Å²) in [5.74, 6) is 0. The van der Waals surface area contributed by atoms with Crippen LogP contribution in [0.5, 0.6) is 0 Å². The summed E-state index contributed by atoms with van der Waals surface area (Å²) in [6.45, 7) is 7.62. The van der Waals surface area contributed by atoms with E-state index in [0.717, 1.165) is 77.8 Å². The molecule has 0 saturated carbocycles. The molecule has 0 heterocycles. The smallest absolute Gasteiger partial charge is 0.157 e. The van der Waals surface area contributed by atoms with Crippen molar-refractivity contribution in [3.8, 4) is 0 Å². The number of hydrogen-bond donors (Lipinski definition) is 1. The molecule has 1 N–H and O–H groups in total. The molecule has 4 nitrogen and oxygen atoms in total. The molecule has 0 fully saturated rings. The summed E-state index contributed by atoms with van der Waals surface area (Å²) in [5, 5.41) is 8.66. The highest BCUT2D eigenvalue weighted by molar-refractivity contribution is 4.49. The monoisotopic (exact) mass is 290 g/mol. The molecule has 0 aliphatic carbocycles. The summed E-state index contributed by atoms with van der Waals surface area (Å²) in [6.07, 6.45) is 8.01. The first-order chi connectivity index (χ1) is 9.85. The van der Waals surface area contributed by atoms with Crippen molar-refractivity contribution in [2.24, 2.45) is 0 Å². The maximum absolute atomic E-state index is 8.66. The van der Waals surface area contributed by atoms with Crippen LogP contribution in [-0.2, 0) is 14.2 Å². The van der Waals surface area contributed by atoms with E-state index in [9.17, 15) is 0 Å². The van der Waals surface area contributed by atoms with Crippen molar-refractivity contribution in [3.63, 3.8) is 0 Å². The first-order valence-corrected chi connectivity index (χ1v) is 8.26. The van der Waals surface area contributed by atoms with Gasteiger partial charge in [-0.15, -0.1) is 0 Å². The second kappa shape index (κ2) is 16.9. The Kier molecular flexibility index (Phi) is 16.8. The van der Waals surface area contributed by atoms with E-state index >= 15 is 0 Å². The number of aliphatic hydroxyl groups excluding tert-OH is 1. The Balaban J connectivity index is 3.56. The SMILES string of the molecule is CCCCOC(CCCOCCCCO)OCCCC. The van der Waals surface area contributed by atoms with E-state index in [-0.39, 0.29) is 12.9 Å². The van der Waals surface area contributed by atoms with Gasteiger partial charge < -0.3 is 19.3 Å². The van der Waals surface area contributed by atoms with Gasteiger partial charge in [-0.3, -0.25) is 0 Å². The number of rotatable bonds is 16. The zero-order valence-electron chi connectivity index (χ0n) is 13.4. The molecule has 0 saturated heterocycles. The Bertz CT molecular complexity index is 166. The zero-order chi connectivity index (χ0) is 14.9. The van der Waals surface area contributed by atoms with Crippen LogP contribution in [0.4, 0.5) is 0 Å². The van der Waals surface area contributed by atoms with Gasteiger partial charge in [0, 0.05) is 39.5 Å². The fraction of sp³-hybridized carbons (Fsp3) is 1.00. The van der Waals surface area contributed by atoms with Gasteiger partial charge in [-0.25, -0.2) is 0 Å². The van der Waals surface area contributed by atoms with Gasteiger partial charge in [-0.05, 0) is 32.1 Å². The second-order valence-electron chi connectivity index (χ2n) is 5.06. The van der Waals surface area contributed by atoms with E-state index in [0.29, 0.717) is 0 Å². The van der Waals surface area contributed by atoms with Crippen LogP contribution in [0.15, 0.2) is 0 Å². The molecule has 0 amide bonds. The summed E-state index contributed by atoms with van der Waals surface area (Å²) in [5.41, 5.74) is 0. The minimum atomic E-state index is -0.0749. The lowest BCUT2D eigenvalue weighted by molar-refractivity contribution is -0.149. The molecular weight excluding hydrogens is 256 g/mol. The van der Waals surface area contributed by atoms with Crippen molar-refractivity contribution in [3.05, 3.63) is 0 Å². The molecule has 0 spiro atoms. The van der Waals surface area contributed by atoms with E-state index < -0.39 is 0 Å². The van der Waals surface area contributed by atoms with E-state index in [1.54, 1.807) is 0 Å². The lowest BCUT2D eigenvalue weighted by Crippen LogP contribution is -2.19. The molecule has 0 unspecified atom stereocenters. The van der Waals surface area contributed by atoms with Gasteiger partial charge in [-0.1, -0.05) is 26.7 Å². The minimum absolute atomic E-state index is 0.0749. The highest BCUT2D eigenvalue weighted by Crippen LogP contribution is 2.07. The Morgan fingerprint density at radius 1 is 0.750 bits per heavy atom. The Morgan fingerprint density at radius 3 is 1.90 bits per heavy atom. The van der Waals surface area contributed by atoms with E-state index in [4.69, 9.17) is 19.3 Å². The van der Waals surface area contributed by atoms with Crippen LogP contribution in [0.25, 0.3) is 0 Å². The van der Waals surface area contributed by atoms with Crippen LogP contribution in [0.2, 0.25) is 0 Å². The topological polar surface area (TPSA) is 47.9 Å². The average molecular weight is 290 g/mol. The van der Waals surface area contributed by atoms with E-state index in [1.165, 1.54) is 0 Å². The average Bonchev–Trinajstić information content (AvgIpc) is 2.46. The van der Waals surface area contributed by atoms with Crippen molar-refractivity contribution < 1.29 is 19.3 Å². The quantitative estimate of drug-likeness (QED) is 0.349. The molecule has 0 aromatic heterocycles. The largest absolute Gasteiger partial charge is 0.396 e. The van der Waals surface area contributed by atoms with Gasteiger partial charge in [0.1, 0.15) is 0 Å². The molecule has 20 heavy (non-hydrogen) atoms. The molecule has 0 aromatic rings. The molecule has 0 radical (unpaired) electrons. The Morgan fingerprint density at radius 2 is 1.35 bits per heavy atom. The number of unbranched alkanes of at least 4 members (excludes halogenated alkanes) is 3. The van der Waals surface area contributed by atoms with Crippen molar-refractivity contribution in [2.45, 2.75) is 71.5 Å². The summed E-state index contributed by atoms with van der Waals surface area (Å²) >= 11 is 0. The van der Waals surface area contributed by atoms with E-state index in [1.807, 2.05) is 0 Å². The van der Waals surface area contributed by atoms with Crippen molar-refractivity contribution in [2.75, 3.05) is 33.0 Å². The third kappa shape index (κ3) is 14.3. The molecule has 0 atom stereocenters. The highest BCUT2D eigenvalue weighted by atomic mass is 16.7. The van der Waals surface area contributed by atoms with Crippen molar-refractivity contribution in [1.82, 2.24) is 0 Å². The molecule has 0 bridgehead atoms. The van der Waals surface area contributed by atoms with Crippen molar-refractivity contribution in [1.29, 1.82) is 0 Å². The van der Waals surface area contributed by atoms with Gasteiger partial charge >= 0.3 is 0 Å². The second-order valence-corrected chi connectivity index (χ2v) is 5.06. The summed E-state index contributed by atoms with van der Waals surface area (Å²) in [4.78, 5) is 0. The molecule has 0 aliphatic heterocycles. The van der Waals surface area contributed by atoms with Crippen LogP contribution in [0.1, 0.15) is 65.2 Å². The fourth-order valence-corrected chi connectivity index (χ4v) is 1.70. The molecular formula is C16H34O4. The number of ether oxygens (including phenoxy) is 3. The van der Waals surface area contributed by atoms with Crippen LogP contribution in [-0.4, -0.2) is 44.4 Å². The first-order valence-electron chi connectivity index (χ1n) is 8.26. The zero-order valence-corrected chi connectivity index (χ0v) is 13.4. The molecule has 0 aliphatic rings. The minimum Gasteiger partial charge on any atom is -0.396 e. The lowest BCUT2D eigenvalue weighted by atomic mass is 10.3. The number of hydrogen-bond acceptors (Lipinski definition) is 4. The lowest BCUT2D eigenvalue weighted by Gasteiger charge is -2.18. The van der Waals surface area contributed by atoms with Gasteiger partial charge in [0.25, 0.3) is 0 Å². The predicted molar refractivity (Wildman–Crippen MR) is 81.9 cm³/mol. The molecule has 0 rings (SSSR count). The Hall–Kier alpha value is -0.160. The van der Waals surface area contributed by atoms with Gasteiger partial charge in [-0.2, -0.15) is 0 Å². The fourth-order valence-electron chi connectivity index (χ4n) is 1.70. The van der Waals surface area contributed by atoms with Gasteiger partial charge in [0.2, 0.25) is 0 Å². The molecule has 122 valence electrons. The van der Waals surface area contributed by atoms with Crippen molar-refractivity contribution >= 4 is 0 Å². The van der Waals surface area contributed by atoms with Crippen LogP contribution in [0, 0.1) is 0 Å². The molecule has 4 heteroatoms. The Labute approximate surface area is 124 Å². The summed E-state index contributed by atoms with van der Waals surface area (Å²) in [7, 11) is 0. The first kappa shape index (κ1) is 19.8. The standard InChI is InChI=1S/C16H34O4/c1-3-5-14-19-16(20-15-6-4-2)10-9-13-18-12-8-7-11-17/h16-17H,3-15H2,1-2H3. The van der Waals surface area contributed by atoms with Crippen LogP contribution < -0.4 is 0 Å². The third-order valence-electron chi connectivity index (χ3n) is 3.03. The van der Waals surface area contributed by atoms with Crippen LogP contribution >= 0.6 is 0 Å². The normalized spacial score (nSPS) is 11.4.